The van der Waals surface area contributed by atoms with Crippen molar-refractivity contribution in [3.63, 3.8) is 0 Å². The number of fused-ring (bicyclic) bond motifs is 1. The average Bonchev–Trinajstić information content (AvgIpc) is 2.09. The quantitative estimate of drug-likeness (QED) is 0.410. The predicted molar refractivity (Wildman–Crippen MR) is 47.2 cm³/mol. The Bertz CT molecular complexity index is 364. The molecule has 68 valence electrons. The van der Waals surface area contributed by atoms with Crippen molar-refractivity contribution in [1.82, 2.24) is 5.06 Å². The topological polar surface area (TPSA) is 78.6 Å². The molecular weight excluding hydrogens is 170 g/mol. The Hall–Kier alpha value is -1.75. The Morgan fingerprint density at radius 1 is 1.54 bits per heavy atom. The number of urea groups is 1. The highest BCUT2D eigenvalue weighted by atomic mass is 16.5. The molecule has 0 aromatic heterocycles. The Morgan fingerprint density at radius 3 is 3.08 bits per heavy atom. The molecule has 0 saturated carbocycles. The summed E-state index contributed by atoms with van der Waals surface area (Å²) in [6, 6.07) is 4.69. The van der Waals surface area contributed by atoms with Gasteiger partial charge in [0.25, 0.3) is 0 Å². The molecule has 0 spiro atoms. The summed E-state index contributed by atoms with van der Waals surface area (Å²) in [5, 5.41) is 12.2. The van der Waals surface area contributed by atoms with Gasteiger partial charge in [-0.1, -0.05) is 6.07 Å². The summed E-state index contributed by atoms with van der Waals surface area (Å²) < 4.78 is 0. The van der Waals surface area contributed by atoms with Gasteiger partial charge in [0.2, 0.25) is 0 Å². The van der Waals surface area contributed by atoms with Crippen molar-refractivity contribution in [2.24, 2.45) is 0 Å². The zero-order valence-corrected chi connectivity index (χ0v) is 6.82. The van der Waals surface area contributed by atoms with Crippen molar-refractivity contribution in [2.75, 3.05) is 11.1 Å². The lowest BCUT2D eigenvalue weighted by Gasteiger charge is -2.24. The fourth-order valence-corrected chi connectivity index (χ4v) is 1.30. The maximum absolute atomic E-state index is 11.0. The lowest BCUT2D eigenvalue weighted by atomic mass is 10.1. The molecule has 0 aliphatic carbocycles. The molecule has 5 nitrogen and oxygen atoms in total. The first-order valence-corrected chi connectivity index (χ1v) is 3.83. The summed E-state index contributed by atoms with van der Waals surface area (Å²) in [5.74, 6) is 0. The van der Waals surface area contributed by atoms with E-state index in [2.05, 4.69) is 5.32 Å². The van der Waals surface area contributed by atoms with Gasteiger partial charge in [0.1, 0.15) is 0 Å². The van der Waals surface area contributed by atoms with Gasteiger partial charge in [-0.15, -0.1) is 0 Å². The van der Waals surface area contributed by atoms with Gasteiger partial charge in [0.05, 0.1) is 6.54 Å². The number of benzene rings is 1. The molecule has 0 radical (unpaired) electrons. The molecule has 1 heterocycles. The second-order valence-electron chi connectivity index (χ2n) is 2.86. The number of nitrogens with zero attached hydrogens (tertiary/aromatic N) is 1. The molecule has 4 N–H and O–H groups in total. The number of nitrogens with two attached hydrogens (primary N) is 1. The molecule has 5 heteroatoms. The van der Waals surface area contributed by atoms with Crippen molar-refractivity contribution in [3.05, 3.63) is 23.8 Å². The van der Waals surface area contributed by atoms with Crippen LogP contribution in [0.4, 0.5) is 16.2 Å². The first-order chi connectivity index (χ1) is 6.18. The average molecular weight is 179 g/mol. The van der Waals surface area contributed by atoms with Crippen LogP contribution in [-0.4, -0.2) is 16.3 Å². The van der Waals surface area contributed by atoms with Crippen LogP contribution in [0.15, 0.2) is 18.2 Å². The molecule has 1 aliphatic rings. The van der Waals surface area contributed by atoms with Crippen LogP contribution in [0, 0.1) is 0 Å². The summed E-state index contributed by atoms with van der Waals surface area (Å²) >= 11 is 0. The molecule has 0 unspecified atom stereocenters. The molecule has 2 rings (SSSR count). The predicted octanol–water partition coefficient (Wildman–Crippen LogP) is 1.01. The molecule has 0 fully saturated rings. The van der Waals surface area contributed by atoms with E-state index in [1.807, 2.05) is 0 Å². The first-order valence-electron chi connectivity index (χ1n) is 3.83. The van der Waals surface area contributed by atoms with Crippen LogP contribution in [0.3, 0.4) is 0 Å². The number of hydrogen-bond donors (Lipinski definition) is 3. The molecule has 1 aromatic carbocycles. The van der Waals surface area contributed by atoms with Gasteiger partial charge in [-0.25, -0.2) is 9.86 Å². The van der Waals surface area contributed by atoms with Gasteiger partial charge in [-0.3, -0.25) is 5.21 Å². The zero-order valence-electron chi connectivity index (χ0n) is 6.82. The lowest BCUT2D eigenvalue weighted by Crippen LogP contribution is -2.36. The minimum absolute atomic E-state index is 0.133. The third-order valence-corrected chi connectivity index (χ3v) is 2.00. The Labute approximate surface area is 74.7 Å². The van der Waals surface area contributed by atoms with E-state index in [9.17, 15) is 4.79 Å². The summed E-state index contributed by atoms with van der Waals surface area (Å²) in [6.45, 7) is 0.133. The maximum atomic E-state index is 11.0. The monoisotopic (exact) mass is 179 g/mol. The number of carbonyl (C=O) groups excluding carboxylic acids is 1. The minimum Gasteiger partial charge on any atom is -0.398 e. The molecule has 1 aliphatic heterocycles. The molecule has 0 bridgehead atoms. The number of amides is 2. The second-order valence-corrected chi connectivity index (χ2v) is 2.86. The van der Waals surface area contributed by atoms with Gasteiger partial charge >= 0.3 is 6.03 Å². The highest BCUT2D eigenvalue weighted by molar-refractivity contribution is 5.92. The number of anilines is 2. The highest BCUT2D eigenvalue weighted by Crippen LogP contribution is 2.26. The third-order valence-electron chi connectivity index (χ3n) is 2.00. The van der Waals surface area contributed by atoms with E-state index in [0.29, 0.717) is 16.4 Å². The number of nitrogens with one attached hydrogen (secondary N) is 1. The number of carbonyl (C=O) groups is 1. The van der Waals surface area contributed by atoms with E-state index in [1.165, 1.54) is 0 Å². The number of hydrogen-bond acceptors (Lipinski definition) is 3. The molecular formula is C8H9N3O2. The smallest absolute Gasteiger partial charge is 0.345 e. The van der Waals surface area contributed by atoms with Crippen LogP contribution in [0.2, 0.25) is 0 Å². The van der Waals surface area contributed by atoms with Gasteiger partial charge in [-0.05, 0) is 12.1 Å². The van der Waals surface area contributed by atoms with E-state index in [-0.39, 0.29) is 6.54 Å². The van der Waals surface area contributed by atoms with Crippen LogP contribution < -0.4 is 11.1 Å². The minimum atomic E-state index is -0.530. The van der Waals surface area contributed by atoms with Gasteiger partial charge in [0.15, 0.2) is 0 Å². The normalized spacial score (nSPS) is 15.2. The fourth-order valence-electron chi connectivity index (χ4n) is 1.30. The van der Waals surface area contributed by atoms with E-state index >= 15 is 0 Å². The van der Waals surface area contributed by atoms with E-state index < -0.39 is 6.03 Å². The standard InChI is InChI=1S/C8H9N3O2/c9-6-2-1-3-7-5(6)4-11(13)8(12)10-7/h1-3,13H,4,9H2,(H,10,12). The SMILES string of the molecule is Nc1cccc2c1CN(O)C(=O)N2. The summed E-state index contributed by atoms with van der Waals surface area (Å²) in [4.78, 5) is 11.0. The Kier molecular flexibility index (Phi) is 1.60. The van der Waals surface area contributed by atoms with Crippen molar-refractivity contribution < 1.29 is 10.0 Å². The van der Waals surface area contributed by atoms with E-state index in [1.54, 1.807) is 18.2 Å². The fraction of sp³-hybridized carbons (Fsp3) is 0.125. The highest BCUT2D eigenvalue weighted by Gasteiger charge is 2.21. The van der Waals surface area contributed by atoms with Crippen LogP contribution in [-0.2, 0) is 6.54 Å². The first kappa shape index (κ1) is 7.88. The second kappa shape index (κ2) is 2.63. The Balaban J connectivity index is 2.48. The van der Waals surface area contributed by atoms with Crippen molar-refractivity contribution in [3.8, 4) is 0 Å². The molecule has 1 aromatic rings. The summed E-state index contributed by atoms with van der Waals surface area (Å²) in [6.07, 6.45) is 0. The zero-order chi connectivity index (χ0) is 9.42. The van der Waals surface area contributed by atoms with Crippen LogP contribution >= 0.6 is 0 Å². The largest absolute Gasteiger partial charge is 0.398 e. The third kappa shape index (κ3) is 1.19. The van der Waals surface area contributed by atoms with Crippen LogP contribution in [0.5, 0.6) is 0 Å². The molecule has 13 heavy (non-hydrogen) atoms. The summed E-state index contributed by atoms with van der Waals surface area (Å²) in [7, 11) is 0. The van der Waals surface area contributed by atoms with Crippen LogP contribution in [0.1, 0.15) is 5.56 Å². The number of rotatable bonds is 0. The van der Waals surface area contributed by atoms with Crippen molar-refractivity contribution in [1.29, 1.82) is 0 Å². The van der Waals surface area contributed by atoms with Crippen LogP contribution in [0.25, 0.3) is 0 Å². The Morgan fingerprint density at radius 2 is 2.31 bits per heavy atom. The van der Waals surface area contributed by atoms with Gasteiger partial charge in [-0.2, -0.15) is 0 Å². The maximum Gasteiger partial charge on any atom is 0.345 e. The number of hydroxylamine groups is 2. The lowest BCUT2D eigenvalue weighted by molar-refractivity contribution is -0.0467. The van der Waals surface area contributed by atoms with Crippen molar-refractivity contribution in [2.45, 2.75) is 6.54 Å². The van der Waals surface area contributed by atoms with E-state index in [4.69, 9.17) is 10.9 Å². The van der Waals surface area contributed by atoms with Gasteiger partial charge in [0, 0.05) is 16.9 Å². The molecule has 0 atom stereocenters. The van der Waals surface area contributed by atoms with Crippen molar-refractivity contribution >= 4 is 17.4 Å². The summed E-state index contributed by atoms with van der Waals surface area (Å²) in [5.41, 5.74) is 7.63. The molecule has 0 saturated heterocycles. The van der Waals surface area contributed by atoms with Gasteiger partial charge < -0.3 is 11.1 Å². The number of nitrogen functional groups attached to an aromatic ring is 1. The molecule has 2 amide bonds. The van der Waals surface area contributed by atoms with E-state index in [0.717, 1.165) is 5.56 Å².